The highest BCUT2D eigenvalue weighted by molar-refractivity contribution is 6.11. The Morgan fingerprint density at radius 2 is 0.481 bits per heavy atom. The summed E-state index contributed by atoms with van der Waals surface area (Å²) >= 11 is 0. The van der Waals surface area contributed by atoms with Crippen LogP contribution in [-0.2, 0) is 0 Å². The van der Waals surface area contributed by atoms with Gasteiger partial charge in [-0.2, -0.15) is 0 Å². The first kappa shape index (κ1) is 118. The third-order valence-electron chi connectivity index (χ3n) is 19.3. The largest absolute Gasteiger partial charge is 0.256 e. The van der Waals surface area contributed by atoms with Crippen LogP contribution in [0.1, 0.15) is 233 Å². The molecule has 0 aliphatic carbocycles. The van der Waals surface area contributed by atoms with Gasteiger partial charge in [-0.1, -0.05) is 453 Å². The number of hydrogen-bond acceptors (Lipinski definition) is 8. The van der Waals surface area contributed by atoms with Crippen molar-refractivity contribution in [3.05, 3.63) is 374 Å². The maximum absolute atomic E-state index is 4.60. The van der Waals surface area contributed by atoms with Crippen LogP contribution >= 0.6 is 0 Å². The number of para-hydroxylation sites is 5. The van der Waals surface area contributed by atoms with Crippen LogP contribution in [0.3, 0.4) is 0 Å². The molecule has 13 aromatic carbocycles. The summed E-state index contributed by atoms with van der Waals surface area (Å²) in [6, 6.07) is 103. The number of nitrogens with zero attached hydrogens (tertiary/aromatic N) is 8. The Hall–Kier alpha value is -13.3. The maximum atomic E-state index is 4.60. The second-order valence-corrected chi connectivity index (χ2v) is 26.7. The first-order chi connectivity index (χ1) is 65.5. The van der Waals surface area contributed by atoms with Gasteiger partial charge >= 0.3 is 0 Å². The van der Waals surface area contributed by atoms with Crippen LogP contribution in [0.15, 0.2) is 334 Å². The van der Waals surface area contributed by atoms with E-state index in [-0.39, 0.29) is 0 Å². The molecule has 0 bridgehead atoms. The van der Waals surface area contributed by atoms with Gasteiger partial charge in [0.05, 0.1) is 44.1 Å². The molecule has 133 heavy (non-hydrogen) atoms. The summed E-state index contributed by atoms with van der Waals surface area (Å²) in [5.41, 5.74) is 16.9. The molecule has 0 amide bonds. The second-order valence-electron chi connectivity index (χ2n) is 26.7. The summed E-state index contributed by atoms with van der Waals surface area (Å²) in [6.45, 7) is 70.6. The highest BCUT2D eigenvalue weighted by atomic mass is 14.7. The predicted molar refractivity (Wildman–Crippen MR) is 605 cm³/mol. The molecular formula is C125H160N8. The summed E-state index contributed by atoms with van der Waals surface area (Å²) in [4.78, 5) is 35.9. The first-order valence-electron chi connectivity index (χ1n) is 49.5. The van der Waals surface area contributed by atoms with Gasteiger partial charge in [0.1, 0.15) is 0 Å². The number of pyridine rings is 8. The lowest BCUT2D eigenvalue weighted by Gasteiger charge is -2.05. The van der Waals surface area contributed by atoms with Gasteiger partial charge in [0.2, 0.25) is 0 Å². The minimum absolute atomic E-state index is 0.985. The summed E-state index contributed by atoms with van der Waals surface area (Å²) < 4.78 is 0. The molecule has 0 atom stereocenters. The molecule has 8 heteroatoms. The Morgan fingerprint density at radius 1 is 0.158 bits per heavy atom. The fourth-order valence-corrected chi connectivity index (χ4v) is 13.9. The standard InChI is InChI=1S/6C14H11N.C13H10N2.14C2H6/c1-10-5-4-7-11-12-6-2-3-8-14(12)15-9-13(10)11;1-10-5-4-8-13-12-7-3-2-6-11(12)9-15-14(10)13;1-10-11-6-2-3-7-12(11)13-8-4-5-9-14(13)15-10;1-10-6-7-12-11(8-10)9-15-14-5-3-2-4-13(12)14;1-10-6-7-11-9-15-14-5-3-2-4-12(14)13(11)8-10;1-10-6-7-14-13(8-10)12-5-3-2-4-11(12)9-15-14;1-9-4-5-11-7-6-10-3-2-8-14-12(10)13(11)15-9;14*1-2/h6*2-9H,1H3;2-8H,1H3;14*1-2H3. The first-order valence-corrected chi connectivity index (χ1v) is 49.5. The fourth-order valence-electron chi connectivity index (χ4n) is 13.9. The lowest BCUT2D eigenvalue weighted by molar-refractivity contribution is 1.25. The van der Waals surface area contributed by atoms with E-state index in [9.17, 15) is 0 Å². The highest BCUT2D eigenvalue weighted by Crippen LogP contribution is 2.32. The molecule has 21 aromatic rings. The highest BCUT2D eigenvalue weighted by Gasteiger charge is 2.09. The molecule has 0 saturated carbocycles. The van der Waals surface area contributed by atoms with E-state index in [0.29, 0.717) is 0 Å². The van der Waals surface area contributed by atoms with E-state index in [0.717, 1.165) is 66.3 Å². The minimum atomic E-state index is 0.985. The zero-order valence-corrected chi connectivity index (χ0v) is 87.8. The van der Waals surface area contributed by atoms with Crippen molar-refractivity contribution >= 4 is 152 Å². The molecule has 0 aliphatic rings. The topological polar surface area (TPSA) is 103 Å². The van der Waals surface area contributed by atoms with Crippen LogP contribution in [0.2, 0.25) is 0 Å². The molecular weight excluding hydrogens is 1610 g/mol. The van der Waals surface area contributed by atoms with Crippen molar-refractivity contribution in [3.8, 4) is 0 Å². The van der Waals surface area contributed by atoms with Crippen molar-refractivity contribution in [1.29, 1.82) is 0 Å². The Labute approximate surface area is 802 Å². The predicted octanol–water partition coefficient (Wildman–Crippen LogP) is 39.6. The van der Waals surface area contributed by atoms with Gasteiger partial charge < -0.3 is 0 Å². The molecule has 0 saturated heterocycles. The van der Waals surface area contributed by atoms with Crippen molar-refractivity contribution in [1.82, 2.24) is 39.9 Å². The monoisotopic (exact) mass is 1770 g/mol. The van der Waals surface area contributed by atoms with Crippen molar-refractivity contribution in [2.45, 2.75) is 242 Å². The molecule has 0 spiro atoms. The van der Waals surface area contributed by atoms with E-state index in [1.54, 1.807) is 0 Å². The number of rotatable bonds is 0. The van der Waals surface area contributed by atoms with Gasteiger partial charge in [0, 0.05) is 124 Å². The van der Waals surface area contributed by atoms with Crippen molar-refractivity contribution in [2.24, 2.45) is 0 Å². The van der Waals surface area contributed by atoms with E-state index >= 15 is 0 Å². The van der Waals surface area contributed by atoms with Gasteiger partial charge in [0.15, 0.2) is 0 Å². The molecule has 0 radical (unpaired) electrons. The molecule has 0 aliphatic heterocycles. The molecule has 8 nitrogen and oxygen atoms in total. The summed E-state index contributed by atoms with van der Waals surface area (Å²) in [6.07, 6.45) is 11.6. The van der Waals surface area contributed by atoms with Crippen LogP contribution in [0.25, 0.3) is 152 Å². The normalized spacial score (nSPS) is 9.32. The number of fused-ring (bicyclic) bond motifs is 21. The molecule has 8 heterocycles. The number of benzene rings is 13. The molecule has 21 rings (SSSR count). The molecule has 0 N–H and O–H groups in total. The lowest BCUT2D eigenvalue weighted by Crippen LogP contribution is -1.86. The summed E-state index contributed by atoms with van der Waals surface area (Å²) in [5.74, 6) is 0. The Kier molecular flexibility index (Phi) is 60.8. The molecule has 0 unspecified atom stereocenters. The SMILES string of the molecule is CC.CC.CC.CC.CC.CC.CC.CC.CC.CC.CC.CC.CC.CC.Cc1ccc2c(cnc3ccccc32)c1.Cc1ccc2ccc3cccnc3c2n1.Cc1ccc2cnc3ccccc3c2c1.Cc1ccc2ncc3ccccc3c2c1.Cc1cccc2c1cnc1ccccc12.Cc1cccc2c1ncc1ccccc12.Cc1nc2ccccc2c2ccccc12. The number of aromatic nitrogens is 8. The second kappa shape index (κ2) is 68.7. The average Bonchev–Trinajstić information content (AvgIpc) is 0.476. The van der Waals surface area contributed by atoms with Gasteiger partial charge in [-0.25, -0.2) is 0 Å². The maximum Gasteiger partial charge on any atom is 0.0967 e. The van der Waals surface area contributed by atoms with Gasteiger partial charge in [-0.15, -0.1) is 0 Å². The molecule has 8 aromatic heterocycles. The van der Waals surface area contributed by atoms with Crippen LogP contribution in [-0.4, -0.2) is 39.9 Å². The average molecular weight is 1770 g/mol. The van der Waals surface area contributed by atoms with E-state index in [4.69, 9.17) is 0 Å². The summed E-state index contributed by atoms with van der Waals surface area (Å²) in [5, 5.41) is 24.8. The molecule has 700 valence electrons. The minimum Gasteiger partial charge on any atom is -0.256 e. The zero-order valence-electron chi connectivity index (χ0n) is 87.8. The van der Waals surface area contributed by atoms with Crippen molar-refractivity contribution in [3.63, 3.8) is 0 Å². The quantitative estimate of drug-likeness (QED) is 0.138. The summed E-state index contributed by atoms with van der Waals surface area (Å²) in [7, 11) is 0. The van der Waals surface area contributed by atoms with Gasteiger partial charge in [0.25, 0.3) is 0 Å². The van der Waals surface area contributed by atoms with Crippen LogP contribution in [0, 0.1) is 48.5 Å². The van der Waals surface area contributed by atoms with Crippen LogP contribution in [0.4, 0.5) is 0 Å². The van der Waals surface area contributed by atoms with E-state index < -0.39 is 0 Å². The third kappa shape index (κ3) is 33.2. The smallest absolute Gasteiger partial charge is 0.0967 e. The zero-order chi connectivity index (χ0) is 99.8. The van der Waals surface area contributed by atoms with Gasteiger partial charge in [-0.3, -0.25) is 39.9 Å². The Morgan fingerprint density at radius 3 is 1.02 bits per heavy atom. The van der Waals surface area contributed by atoms with E-state index in [1.165, 1.54) is 125 Å². The third-order valence-corrected chi connectivity index (χ3v) is 19.3. The Balaban J connectivity index is 0.000000742. The van der Waals surface area contributed by atoms with Crippen molar-refractivity contribution < 1.29 is 0 Å². The number of hydrogen-bond donors (Lipinski definition) is 0. The molecule has 0 fully saturated rings. The van der Waals surface area contributed by atoms with E-state index in [2.05, 4.69) is 330 Å². The van der Waals surface area contributed by atoms with Gasteiger partial charge in [-0.05, 0) is 147 Å². The number of aryl methyl sites for hydroxylation is 7. The van der Waals surface area contributed by atoms with Crippen LogP contribution in [0.5, 0.6) is 0 Å². The van der Waals surface area contributed by atoms with Crippen LogP contribution < -0.4 is 0 Å². The van der Waals surface area contributed by atoms with Crippen molar-refractivity contribution in [2.75, 3.05) is 0 Å². The Bertz CT molecular complexity index is 6250. The lowest BCUT2D eigenvalue weighted by atomic mass is 10.0. The van der Waals surface area contributed by atoms with E-state index in [1.807, 2.05) is 287 Å². The fraction of sp³-hybridized carbons (Fsp3) is 0.280.